The Hall–Kier alpha value is -3.51. The Morgan fingerprint density at radius 2 is 1.91 bits per heavy atom. The summed E-state index contributed by atoms with van der Waals surface area (Å²) >= 11 is 0. The molecule has 0 amide bonds. The first-order valence-electron chi connectivity index (χ1n) is 11.0. The molecular weight excluding hydrogens is 401 g/mol. The van der Waals surface area contributed by atoms with Crippen LogP contribution in [0.3, 0.4) is 0 Å². The number of rotatable bonds is 6. The third-order valence-electron chi connectivity index (χ3n) is 5.95. The van der Waals surface area contributed by atoms with E-state index in [4.69, 9.17) is 0 Å². The van der Waals surface area contributed by atoms with Crippen molar-refractivity contribution in [2.75, 3.05) is 18.4 Å². The normalized spacial score (nSPS) is 14.5. The van der Waals surface area contributed by atoms with Gasteiger partial charge in [0.05, 0.1) is 11.2 Å². The first-order chi connectivity index (χ1) is 15.7. The molecule has 0 spiro atoms. The van der Waals surface area contributed by atoms with E-state index in [1.165, 1.54) is 37.0 Å². The predicted molar refractivity (Wildman–Crippen MR) is 128 cm³/mol. The summed E-state index contributed by atoms with van der Waals surface area (Å²) < 4.78 is 13.5. The van der Waals surface area contributed by atoms with Crippen molar-refractivity contribution in [1.82, 2.24) is 20.1 Å². The molecule has 1 saturated heterocycles. The monoisotopic (exact) mass is 427 g/mol. The number of halogens is 1. The number of H-pyrrole nitrogens is 1. The van der Waals surface area contributed by atoms with Crippen LogP contribution in [0.25, 0.3) is 27.7 Å². The van der Waals surface area contributed by atoms with Crippen LogP contribution >= 0.6 is 0 Å². The molecule has 0 atom stereocenters. The number of anilines is 1. The molecule has 5 rings (SSSR count). The molecule has 2 aromatic heterocycles. The lowest BCUT2D eigenvalue weighted by molar-refractivity contribution is 0.220. The molecule has 0 radical (unpaired) electrons. The maximum Gasteiger partial charge on any atom is 0.125 e. The minimum absolute atomic E-state index is 0.297. The number of pyridine rings is 1. The quantitative estimate of drug-likeness (QED) is 0.406. The van der Waals surface area contributed by atoms with Crippen LogP contribution in [0.1, 0.15) is 30.5 Å². The number of piperidine rings is 1. The number of likely N-dealkylation sites (tertiary alicyclic amines) is 1. The minimum atomic E-state index is -0.297. The van der Waals surface area contributed by atoms with Gasteiger partial charge in [0.25, 0.3) is 0 Å². The zero-order chi connectivity index (χ0) is 21.9. The smallest absolute Gasteiger partial charge is 0.125 e. The van der Waals surface area contributed by atoms with Gasteiger partial charge in [0, 0.05) is 35.6 Å². The van der Waals surface area contributed by atoms with Crippen LogP contribution in [0, 0.1) is 5.82 Å². The van der Waals surface area contributed by atoms with Gasteiger partial charge in [0.2, 0.25) is 0 Å². The van der Waals surface area contributed by atoms with E-state index in [0.717, 1.165) is 41.7 Å². The van der Waals surface area contributed by atoms with Crippen LogP contribution in [0.2, 0.25) is 0 Å². The van der Waals surface area contributed by atoms with Gasteiger partial charge in [0.1, 0.15) is 11.5 Å². The molecule has 162 valence electrons. The highest BCUT2D eigenvalue weighted by atomic mass is 19.1. The molecule has 32 heavy (non-hydrogen) atoms. The maximum atomic E-state index is 13.5. The lowest BCUT2D eigenvalue weighted by Crippen LogP contribution is -2.29. The molecule has 5 nitrogen and oxygen atoms in total. The van der Waals surface area contributed by atoms with Crippen LogP contribution in [-0.2, 0) is 6.54 Å². The SMILES string of the molecule is C=C(Nc1cccc(F)c1)c1n[nH]c2ccc(-c3cncc(CN4CCCCC4)c3)cc12. The average molecular weight is 428 g/mol. The average Bonchev–Trinajstić information content (AvgIpc) is 3.23. The van der Waals surface area contributed by atoms with Crippen molar-refractivity contribution in [3.8, 4) is 11.1 Å². The summed E-state index contributed by atoms with van der Waals surface area (Å²) in [5.41, 5.74) is 6.26. The number of hydrogen-bond donors (Lipinski definition) is 2. The number of fused-ring (bicyclic) bond motifs is 1. The van der Waals surface area contributed by atoms with Crippen molar-refractivity contribution in [3.63, 3.8) is 0 Å². The van der Waals surface area contributed by atoms with Crippen LogP contribution in [0.15, 0.2) is 67.5 Å². The largest absolute Gasteiger partial charge is 0.354 e. The van der Waals surface area contributed by atoms with Gasteiger partial charge in [-0.25, -0.2) is 4.39 Å². The fourth-order valence-corrected chi connectivity index (χ4v) is 4.33. The van der Waals surface area contributed by atoms with Crippen molar-refractivity contribution in [2.45, 2.75) is 25.8 Å². The number of hydrogen-bond acceptors (Lipinski definition) is 4. The third-order valence-corrected chi connectivity index (χ3v) is 5.95. The van der Waals surface area contributed by atoms with E-state index in [1.807, 2.05) is 18.5 Å². The fourth-order valence-electron chi connectivity index (χ4n) is 4.33. The van der Waals surface area contributed by atoms with E-state index in [1.54, 1.807) is 12.1 Å². The third kappa shape index (κ3) is 4.41. The topological polar surface area (TPSA) is 56.8 Å². The second-order valence-corrected chi connectivity index (χ2v) is 8.37. The van der Waals surface area contributed by atoms with Crippen LogP contribution in [0.4, 0.5) is 10.1 Å². The van der Waals surface area contributed by atoms with Gasteiger partial charge in [-0.15, -0.1) is 0 Å². The summed E-state index contributed by atoms with van der Waals surface area (Å²) in [7, 11) is 0. The molecule has 1 fully saturated rings. The number of nitrogens with zero attached hydrogens (tertiary/aromatic N) is 3. The molecule has 6 heteroatoms. The van der Waals surface area contributed by atoms with E-state index in [9.17, 15) is 4.39 Å². The summed E-state index contributed by atoms with van der Waals surface area (Å²) in [5.74, 6) is -0.297. The molecule has 2 N–H and O–H groups in total. The van der Waals surface area contributed by atoms with Crippen molar-refractivity contribution >= 4 is 22.3 Å². The Kier molecular flexibility index (Phi) is 5.69. The van der Waals surface area contributed by atoms with Gasteiger partial charge in [0.15, 0.2) is 0 Å². The summed E-state index contributed by atoms with van der Waals surface area (Å²) in [6, 6.07) is 14.7. The van der Waals surface area contributed by atoms with Gasteiger partial charge >= 0.3 is 0 Å². The van der Waals surface area contributed by atoms with E-state index in [-0.39, 0.29) is 5.82 Å². The van der Waals surface area contributed by atoms with Crippen LogP contribution < -0.4 is 5.32 Å². The van der Waals surface area contributed by atoms with Crippen molar-refractivity contribution in [2.24, 2.45) is 0 Å². The number of aromatic amines is 1. The van der Waals surface area contributed by atoms with E-state index >= 15 is 0 Å². The molecule has 0 aliphatic carbocycles. The fraction of sp³-hybridized carbons (Fsp3) is 0.231. The van der Waals surface area contributed by atoms with Gasteiger partial charge < -0.3 is 5.32 Å². The zero-order valence-corrected chi connectivity index (χ0v) is 17.9. The standard InChI is InChI=1S/C26H26FN5/c1-18(29-23-7-5-6-22(27)14-23)26-24-13-20(8-9-25(24)30-31-26)21-12-19(15-28-16-21)17-32-10-3-2-4-11-32/h5-9,12-16,29H,1-4,10-11,17H2,(H,30,31). The lowest BCUT2D eigenvalue weighted by atomic mass is 10.0. The van der Waals surface area contributed by atoms with Crippen LogP contribution in [0.5, 0.6) is 0 Å². The number of benzene rings is 2. The minimum Gasteiger partial charge on any atom is -0.354 e. The predicted octanol–water partition coefficient (Wildman–Crippen LogP) is 5.83. The summed E-state index contributed by atoms with van der Waals surface area (Å²) in [4.78, 5) is 7.00. The first kappa shape index (κ1) is 20.4. The molecule has 0 unspecified atom stereocenters. The van der Waals surface area contributed by atoms with Gasteiger partial charge in [-0.2, -0.15) is 5.10 Å². The summed E-state index contributed by atoms with van der Waals surface area (Å²) in [6.45, 7) is 7.38. The second-order valence-electron chi connectivity index (χ2n) is 8.37. The van der Waals surface area contributed by atoms with Crippen molar-refractivity contribution < 1.29 is 4.39 Å². The zero-order valence-electron chi connectivity index (χ0n) is 17.9. The highest BCUT2D eigenvalue weighted by Gasteiger charge is 2.13. The Morgan fingerprint density at radius 3 is 2.75 bits per heavy atom. The van der Waals surface area contributed by atoms with Gasteiger partial charge in [-0.1, -0.05) is 25.1 Å². The Bertz CT molecular complexity index is 1260. The van der Waals surface area contributed by atoms with Gasteiger partial charge in [-0.3, -0.25) is 15.0 Å². The Labute approximate surface area is 187 Å². The molecule has 1 aliphatic rings. The van der Waals surface area contributed by atoms with E-state index in [2.05, 4.69) is 50.2 Å². The van der Waals surface area contributed by atoms with Crippen molar-refractivity contribution in [3.05, 3.63) is 84.6 Å². The van der Waals surface area contributed by atoms with Gasteiger partial charge in [-0.05, 0) is 73.5 Å². The maximum absolute atomic E-state index is 13.5. The number of nitrogens with one attached hydrogen (secondary N) is 2. The van der Waals surface area contributed by atoms with E-state index < -0.39 is 0 Å². The molecular formula is C26H26FN5. The molecule has 0 saturated carbocycles. The summed E-state index contributed by atoms with van der Waals surface area (Å²) in [6.07, 6.45) is 7.76. The number of aromatic nitrogens is 3. The molecule has 3 heterocycles. The molecule has 1 aliphatic heterocycles. The second kappa shape index (κ2) is 8.93. The highest BCUT2D eigenvalue weighted by Crippen LogP contribution is 2.29. The Morgan fingerprint density at radius 1 is 1.03 bits per heavy atom. The first-order valence-corrected chi connectivity index (χ1v) is 11.0. The molecule has 0 bridgehead atoms. The summed E-state index contributed by atoms with van der Waals surface area (Å²) in [5, 5.41) is 11.6. The molecule has 4 aromatic rings. The molecule has 2 aromatic carbocycles. The van der Waals surface area contributed by atoms with Crippen LogP contribution in [-0.4, -0.2) is 33.2 Å². The Balaban J connectivity index is 1.41. The highest BCUT2D eigenvalue weighted by molar-refractivity contribution is 5.95. The van der Waals surface area contributed by atoms with Crippen molar-refractivity contribution in [1.29, 1.82) is 0 Å². The lowest BCUT2D eigenvalue weighted by Gasteiger charge is -2.26. The van der Waals surface area contributed by atoms with E-state index in [0.29, 0.717) is 17.1 Å².